The fourth-order valence-corrected chi connectivity index (χ4v) is 2.29. The van der Waals surface area contributed by atoms with Gasteiger partial charge in [0, 0.05) is 16.8 Å². The molecule has 2 aromatic rings. The third-order valence-electron chi connectivity index (χ3n) is 3.03. The van der Waals surface area contributed by atoms with E-state index in [1.165, 1.54) is 12.3 Å². The predicted molar refractivity (Wildman–Crippen MR) is 76.4 cm³/mol. The van der Waals surface area contributed by atoms with E-state index in [9.17, 15) is 20.0 Å². The van der Waals surface area contributed by atoms with Gasteiger partial charge in [0.15, 0.2) is 0 Å². The molecular formula is C14H11ClN2O4. The second-order valence-corrected chi connectivity index (χ2v) is 4.85. The first-order chi connectivity index (χ1) is 9.99. The third kappa shape index (κ3) is 3.55. The second kappa shape index (κ2) is 6.32. The molecule has 0 bridgehead atoms. The van der Waals surface area contributed by atoms with Crippen molar-refractivity contribution in [1.82, 2.24) is 4.98 Å². The van der Waals surface area contributed by atoms with Crippen LogP contribution in [0.1, 0.15) is 17.0 Å². The molecule has 0 saturated heterocycles. The zero-order chi connectivity index (χ0) is 15.4. The summed E-state index contributed by atoms with van der Waals surface area (Å²) in [6.45, 7) is 0. The summed E-state index contributed by atoms with van der Waals surface area (Å²) < 4.78 is 0. The average Bonchev–Trinajstić information content (AvgIpc) is 2.44. The first-order valence-corrected chi connectivity index (χ1v) is 6.42. The van der Waals surface area contributed by atoms with E-state index in [0.717, 1.165) is 6.20 Å². The number of nitrogens with zero attached hydrogens (tertiary/aromatic N) is 2. The molecule has 1 aromatic heterocycles. The summed E-state index contributed by atoms with van der Waals surface area (Å²) >= 11 is 5.87. The maximum absolute atomic E-state index is 11.5. The van der Waals surface area contributed by atoms with Gasteiger partial charge < -0.3 is 5.11 Å². The summed E-state index contributed by atoms with van der Waals surface area (Å²) in [5.74, 6) is -2.17. The standard InChI is InChI=1S/C14H11ClN2O4/c15-10-3-1-2-9(6-10)7-12(14(18)19)11-4-5-16-8-13(11)17(20)21/h1-6,8,12H,7H2,(H,18,19). The third-order valence-corrected chi connectivity index (χ3v) is 3.27. The van der Waals surface area contributed by atoms with Crippen molar-refractivity contribution in [2.45, 2.75) is 12.3 Å². The zero-order valence-electron chi connectivity index (χ0n) is 10.8. The Morgan fingerprint density at radius 3 is 2.81 bits per heavy atom. The SMILES string of the molecule is O=C(O)C(Cc1cccc(Cl)c1)c1ccncc1[N+](=O)[O-]. The monoisotopic (exact) mass is 306 g/mol. The highest BCUT2D eigenvalue weighted by Crippen LogP contribution is 2.29. The molecule has 0 saturated carbocycles. The van der Waals surface area contributed by atoms with E-state index in [4.69, 9.17) is 11.6 Å². The number of nitro groups is 1. The molecule has 108 valence electrons. The van der Waals surface area contributed by atoms with Crippen molar-refractivity contribution in [2.75, 3.05) is 0 Å². The number of aliphatic carboxylic acids is 1. The maximum atomic E-state index is 11.5. The minimum Gasteiger partial charge on any atom is -0.481 e. The summed E-state index contributed by atoms with van der Waals surface area (Å²) in [6.07, 6.45) is 2.51. The van der Waals surface area contributed by atoms with Gasteiger partial charge in [-0.3, -0.25) is 19.9 Å². The van der Waals surface area contributed by atoms with E-state index in [1.54, 1.807) is 24.3 Å². The number of aromatic nitrogens is 1. The van der Waals surface area contributed by atoms with Crippen LogP contribution in [-0.4, -0.2) is 21.0 Å². The predicted octanol–water partition coefficient (Wildman–Crippen LogP) is 3.05. The summed E-state index contributed by atoms with van der Waals surface area (Å²) in [4.78, 5) is 25.5. The number of benzene rings is 1. The Balaban J connectivity index is 2.41. The van der Waals surface area contributed by atoms with Crippen LogP contribution < -0.4 is 0 Å². The van der Waals surface area contributed by atoms with Gasteiger partial charge >= 0.3 is 5.97 Å². The number of hydrogen-bond acceptors (Lipinski definition) is 4. The normalized spacial score (nSPS) is 11.9. The number of carboxylic acid groups (broad SMARTS) is 1. The number of hydrogen-bond donors (Lipinski definition) is 1. The molecule has 1 heterocycles. The van der Waals surface area contributed by atoms with Gasteiger partial charge in [0.05, 0.1) is 10.8 Å². The van der Waals surface area contributed by atoms with Crippen LogP contribution in [0, 0.1) is 10.1 Å². The first-order valence-electron chi connectivity index (χ1n) is 6.04. The number of rotatable bonds is 5. The Bertz CT molecular complexity index is 690. The van der Waals surface area contributed by atoms with E-state index in [-0.39, 0.29) is 17.7 Å². The molecule has 7 heteroatoms. The van der Waals surface area contributed by atoms with Crippen molar-refractivity contribution in [3.63, 3.8) is 0 Å². The van der Waals surface area contributed by atoms with E-state index >= 15 is 0 Å². The molecule has 1 atom stereocenters. The molecule has 2 rings (SSSR count). The Hall–Kier alpha value is -2.47. The number of carbonyl (C=O) groups is 1. The molecule has 0 fully saturated rings. The fourth-order valence-electron chi connectivity index (χ4n) is 2.07. The lowest BCUT2D eigenvalue weighted by molar-refractivity contribution is -0.386. The number of halogens is 1. The lowest BCUT2D eigenvalue weighted by Gasteiger charge is -2.13. The molecule has 0 spiro atoms. The van der Waals surface area contributed by atoms with Crippen LogP contribution in [0.25, 0.3) is 0 Å². The van der Waals surface area contributed by atoms with Crippen molar-refractivity contribution >= 4 is 23.3 Å². The molecule has 0 radical (unpaired) electrons. The molecule has 0 aliphatic heterocycles. The van der Waals surface area contributed by atoms with E-state index in [2.05, 4.69) is 4.98 Å². The van der Waals surface area contributed by atoms with Crippen LogP contribution in [0.15, 0.2) is 42.7 Å². The van der Waals surface area contributed by atoms with Crippen LogP contribution in [0.5, 0.6) is 0 Å². The van der Waals surface area contributed by atoms with Gasteiger partial charge in [0.1, 0.15) is 6.20 Å². The zero-order valence-corrected chi connectivity index (χ0v) is 11.5. The molecule has 0 aliphatic carbocycles. The van der Waals surface area contributed by atoms with Crippen LogP contribution in [-0.2, 0) is 11.2 Å². The summed E-state index contributed by atoms with van der Waals surface area (Å²) in [7, 11) is 0. The van der Waals surface area contributed by atoms with Crippen LogP contribution >= 0.6 is 11.6 Å². The Kier molecular flexibility index (Phi) is 4.49. The lowest BCUT2D eigenvalue weighted by atomic mass is 9.92. The Labute approximate surface area is 125 Å². The van der Waals surface area contributed by atoms with Crippen LogP contribution in [0.4, 0.5) is 5.69 Å². The first kappa shape index (κ1) is 14.9. The highest BCUT2D eigenvalue weighted by atomic mass is 35.5. The summed E-state index contributed by atoms with van der Waals surface area (Å²) in [6, 6.07) is 8.12. The van der Waals surface area contributed by atoms with Gasteiger partial charge in [-0.25, -0.2) is 0 Å². The highest BCUT2D eigenvalue weighted by Gasteiger charge is 2.28. The molecule has 1 N–H and O–H groups in total. The van der Waals surface area contributed by atoms with Crippen LogP contribution in [0.3, 0.4) is 0 Å². The Morgan fingerprint density at radius 1 is 1.43 bits per heavy atom. The molecular weight excluding hydrogens is 296 g/mol. The molecule has 1 unspecified atom stereocenters. The minimum atomic E-state index is -1.13. The topological polar surface area (TPSA) is 93.3 Å². The van der Waals surface area contributed by atoms with Gasteiger partial charge in [-0.05, 0) is 30.2 Å². The van der Waals surface area contributed by atoms with Crippen molar-refractivity contribution in [3.05, 3.63) is 69.0 Å². The van der Waals surface area contributed by atoms with Gasteiger partial charge in [-0.15, -0.1) is 0 Å². The number of carboxylic acids is 1. The maximum Gasteiger partial charge on any atom is 0.311 e. The van der Waals surface area contributed by atoms with Gasteiger partial charge in [-0.2, -0.15) is 0 Å². The van der Waals surface area contributed by atoms with Crippen molar-refractivity contribution in [1.29, 1.82) is 0 Å². The van der Waals surface area contributed by atoms with Crippen molar-refractivity contribution < 1.29 is 14.8 Å². The average molecular weight is 307 g/mol. The molecule has 0 amide bonds. The van der Waals surface area contributed by atoms with Gasteiger partial charge in [-0.1, -0.05) is 23.7 Å². The molecule has 21 heavy (non-hydrogen) atoms. The van der Waals surface area contributed by atoms with Crippen molar-refractivity contribution in [2.24, 2.45) is 0 Å². The molecule has 1 aromatic carbocycles. The summed E-state index contributed by atoms with van der Waals surface area (Å²) in [5, 5.41) is 20.9. The van der Waals surface area contributed by atoms with Gasteiger partial charge in [0.2, 0.25) is 0 Å². The quantitative estimate of drug-likeness (QED) is 0.677. The Morgan fingerprint density at radius 2 is 2.19 bits per heavy atom. The smallest absolute Gasteiger partial charge is 0.311 e. The minimum absolute atomic E-state index is 0.112. The van der Waals surface area contributed by atoms with E-state index in [1.807, 2.05) is 0 Å². The van der Waals surface area contributed by atoms with Crippen LogP contribution in [0.2, 0.25) is 5.02 Å². The highest BCUT2D eigenvalue weighted by molar-refractivity contribution is 6.30. The van der Waals surface area contributed by atoms with E-state index < -0.39 is 16.8 Å². The molecule has 0 aliphatic rings. The second-order valence-electron chi connectivity index (χ2n) is 4.42. The van der Waals surface area contributed by atoms with Crippen molar-refractivity contribution in [3.8, 4) is 0 Å². The fraction of sp³-hybridized carbons (Fsp3) is 0.143. The number of pyridine rings is 1. The summed E-state index contributed by atoms with van der Waals surface area (Å²) in [5.41, 5.74) is 0.524. The largest absolute Gasteiger partial charge is 0.481 e. The van der Waals surface area contributed by atoms with Gasteiger partial charge in [0.25, 0.3) is 5.69 Å². The van der Waals surface area contributed by atoms with E-state index in [0.29, 0.717) is 10.6 Å². The lowest BCUT2D eigenvalue weighted by Crippen LogP contribution is -2.16. The molecule has 6 nitrogen and oxygen atoms in total.